The van der Waals surface area contributed by atoms with E-state index < -0.39 is 9.84 Å². The Balaban J connectivity index is 2.15. The van der Waals surface area contributed by atoms with Gasteiger partial charge in [0.05, 0.1) is 4.90 Å². The number of thioether (sulfide) groups is 1. The second kappa shape index (κ2) is 6.98. The summed E-state index contributed by atoms with van der Waals surface area (Å²) in [6, 6.07) is 13.6. The number of hydrogen-bond donors (Lipinski definition) is 1. The van der Waals surface area contributed by atoms with Gasteiger partial charge in [0.25, 0.3) is 5.91 Å². The summed E-state index contributed by atoms with van der Waals surface area (Å²) in [4.78, 5) is 12.4. The van der Waals surface area contributed by atoms with E-state index in [9.17, 15) is 13.2 Å². The summed E-state index contributed by atoms with van der Waals surface area (Å²) >= 11 is 1.72. The Kier molecular flexibility index (Phi) is 5.26. The molecule has 2 aromatic rings. The summed E-state index contributed by atoms with van der Waals surface area (Å²) in [6.07, 6.45) is 3.16. The Bertz CT molecular complexity index is 768. The van der Waals surface area contributed by atoms with Crippen molar-refractivity contribution in [2.75, 3.05) is 17.8 Å². The molecule has 116 valence electrons. The lowest BCUT2D eigenvalue weighted by Crippen LogP contribution is -2.12. The lowest BCUT2D eigenvalue weighted by atomic mass is 10.1. The van der Waals surface area contributed by atoms with Gasteiger partial charge in [0.15, 0.2) is 9.84 Å². The van der Waals surface area contributed by atoms with Crippen molar-refractivity contribution in [1.29, 1.82) is 0 Å². The number of carbonyl (C=O) groups excluding carboxylic acids is 1. The van der Waals surface area contributed by atoms with Gasteiger partial charge in [-0.3, -0.25) is 4.79 Å². The Morgan fingerprint density at radius 2 is 1.82 bits per heavy atom. The molecular formula is C16H17NO3S2. The van der Waals surface area contributed by atoms with Crippen molar-refractivity contribution in [1.82, 2.24) is 0 Å². The summed E-state index contributed by atoms with van der Waals surface area (Å²) in [5.74, 6) is 0.638. The Hall–Kier alpha value is -1.79. The molecule has 6 heteroatoms. The summed E-state index contributed by atoms with van der Waals surface area (Å²) in [5.41, 5.74) is 2.15. The smallest absolute Gasteiger partial charge is 0.255 e. The van der Waals surface area contributed by atoms with Crippen molar-refractivity contribution in [3.8, 4) is 0 Å². The maximum Gasteiger partial charge on any atom is 0.255 e. The first kappa shape index (κ1) is 16.6. The molecule has 0 bridgehead atoms. The molecule has 0 fully saturated rings. The second-order valence-electron chi connectivity index (χ2n) is 4.88. The van der Waals surface area contributed by atoms with E-state index in [1.54, 1.807) is 36.0 Å². The number of amides is 1. The van der Waals surface area contributed by atoms with E-state index in [4.69, 9.17) is 0 Å². The molecule has 0 spiro atoms. The second-order valence-corrected chi connectivity index (χ2v) is 7.77. The molecule has 0 aliphatic carbocycles. The van der Waals surface area contributed by atoms with Crippen LogP contribution in [0, 0.1) is 0 Å². The van der Waals surface area contributed by atoms with Gasteiger partial charge in [0.2, 0.25) is 0 Å². The number of hydrogen-bond acceptors (Lipinski definition) is 4. The van der Waals surface area contributed by atoms with Crippen LogP contribution in [0.3, 0.4) is 0 Å². The minimum atomic E-state index is -3.29. The Labute approximate surface area is 134 Å². The van der Waals surface area contributed by atoms with Gasteiger partial charge in [0, 0.05) is 23.3 Å². The van der Waals surface area contributed by atoms with Crippen LogP contribution in [0.15, 0.2) is 53.4 Å². The summed E-state index contributed by atoms with van der Waals surface area (Å²) in [7, 11) is -3.29. The van der Waals surface area contributed by atoms with Gasteiger partial charge in [0.1, 0.15) is 0 Å². The number of rotatable bonds is 5. The zero-order valence-electron chi connectivity index (χ0n) is 12.4. The van der Waals surface area contributed by atoms with Crippen LogP contribution in [0.1, 0.15) is 15.9 Å². The molecule has 2 aromatic carbocycles. The molecule has 0 radical (unpaired) electrons. The van der Waals surface area contributed by atoms with Crippen LogP contribution in [-0.4, -0.2) is 26.8 Å². The van der Waals surface area contributed by atoms with Crippen molar-refractivity contribution in [3.05, 3.63) is 59.7 Å². The van der Waals surface area contributed by atoms with Gasteiger partial charge in [-0.1, -0.05) is 18.2 Å². The molecule has 22 heavy (non-hydrogen) atoms. The third-order valence-electron chi connectivity index (χ3n) is 3.05. The van der Waals surface area contributed by atoms with Gasteiger partial charge < -0.3 is 5.32 Å². The van der Waals surface area contributed by atoms with Crippen LogP contribution in [0.5, 0.6) is 0 Å². The van der Waals surface area contributed by atoms with Crippen molar-refractivity contribution in [2.45, 2.75) is 10.6 Å². The number of benzene rings is 2. The van der Waals surface area contributed by atoms with Crippen molar-refractivity contribution in [2.24, 2.45) is 0 Å². The van der Waals surface area contributed by atoms with E-state index in [0.29, 0.717) is 11.3 Å². The maximum absolute atomic E-state index is 12.2. The van der Waals surface area contributed by atoms with E-state index in [0.717, 1.165) is 17.6 Å². The standard InChI is InChI=1S/C16H17NO3S2/c1-21-11-12-6-8-13(9-7-12)16(18)17-14-4-3-5-15(10-14)22(2,19)20/h3-10H,11H2,1-2H3,(H,17,18). The van der Waals surface area contributed by atoms with Gasteiger partial charge in [-0.25, -0.2) is 8.42 Å². The third kappa shape index (κ3) is 4.35. The molecule has 1 N–H and O–H groups in total. The molecule has 0 saturated carbocycles. The van der Waals surface area contributed by atoms with Crippen LogP contribution >= 0.6 is 11.8 Å². The molecule has 0 atom stereocenters. The maximum atomic E-state index is 12.2. The first-order valence-electron chi connectivity index (χ1n) is 6.59. The van der Waals surface area contributed by atoms with E-state index in [-0.39, 0.29) is 10.8 Å². The van der Waals surface area contributed by atoms with Crippen LogP contribution < -0.4 is 5.32 Å². The fourth-order valence-electron chi connectivity index (χ4n) is 1.93. The van der Waals surface area contributed by atoms with Crippen molar-refractivity contribution in [3.63, 3.8) is 0 Å². The minimum Gasteiger partial charge on any atom is -0.322 e. The molecule has 0 unspecified atom stereocenters. The quantitative estimate of drug-likeness (QED) is 0.911. The largest absolute Gasteiger partial charge is 0.322 e. The number of carbonyl (C=O) groups is 1. The zero-order valence-corrected chi connectivity index (χ0v) is 14.0. The van der Waals surface area contributed by atoms with Crippen molar-refractivity contribution >= 4 is 33.2 Å². The number of sulfone groups is 1. The van der Waals surface area contributed by atoms with E-state index in [2.05, 4.69) is 5.32 Å². The van der Waals surface area contributed by atoms with Crippen LogP contribution in [0.2, 0.25) is 0 Å². The predicted octanol–water partition coefficient (Wildman–Crippen LogP) is 3.21. The SMILES string of the molecule is CSCc1ccc(C(=O)Nc2cccc(S(C)(=O)=O)c2)cc1. The topological polar surface area (TPSA) is 63.2 Å². The fraction of sp³-hybridized carbons (Fsp3) is 0.188. The molecule has 2 rings (SSSR count). The predicted molar refractivity (Wildman–Crippen MR) is 91.2 cm³/mol. The van der Waals surface area contributed by atoms with E-state index >= 15 is 0 Å². The number of anilines is 1. The minimum absolute atomic E-state index is 0.181. The van der Waals surface area contributed by atoms with E-state index in [1.165, 1.54) is 12.1 Å². The third-order valence-corrected chi connectivity index (χ3v) is 4.78. The fourth-order valence-corrected chi connectivity index (χ4v) is 3.12. The highest BCUT2D eigenvalue weighted by Crippen LogP contribution is 2.17. The summed E-state index contributed by atoms with van der Waals surface area (Å²) < 4.78 is 23.1. The summed E-state index contributed by atoms with van der Waals surface area (Å²) in [6.45, 7) is 0. The lowest BCUT2D eigenvalue weighted by molar-refractivity contribution is 0.102. The molecule has 0 saturated heterocycles. The molecule has 0 aromatic heterocycles. The average molecular weight is 335 g/mol. The first-order chi connectivity index (χ1) is 10.4. The lowest BCUT2D eigenvalue weighted by Gasteiger charge is -2.07. The highest BCUT2D eigenvalue weighted by atomic mass is 32.2. The monoisotopic (exact) mass is 335 g/mol. The normalized spacial score (nSPS) is 11.2. The first-order valence-corrected chi connectivity index (χ1v) is 9.88. The van der Waals surface area contributed by atoms with Gasteiger partial charge in [-0.2, -0.15) is 11.8 Å². The molecule has 4 nitrogen and oxygen atoms in total. The van der Waals surface area contributed by atoms with Gasteiger partial charge in [-0.05, 0) is 42.2 Å². The van der Waals surface area contributed by atoms with Crippen LogP contribution in [0.25, 0.3) is 0 Å². The van der Waals surface area contributed by atoms with Gasteiger partial charge >= 0.3 is 0 Å². The zero-order chi connectivity index (χ0) is 16.2. The Morgan fingerprint density at radius 1 is 1.14 bits per heavy atom. The molecule has 1 amide bonds. The van der Waals surface area contributed by atoms with Crippen LogP contribution in [-0.2, 0) is 15.6 Å². The highest BCUT2D eigenvalue weighted by Gasteiger charge is 2.10. The molecule has 0 aliphatic heterocycles. The average Bonchev–Trinajstić information content (AvgIpc) is 2.48. The molecule has 0 heterocycles. The Morgan fingerprint density at radius 3 is 2.41 bits per heavy atom. The van der Waals surface area contributed by atoms with Crippen LogP contribution in [0.4, 0.5) is 5.69 Å². The number of nitrogens with one attached hydrogen (secondary N) is 1. The summed E-state index contributed by atoms with van der Waals surface area (Å²) in [5, 5.41) is 2.71. The molecular weight excluding hydrogens is 318 g/mol. The van der Waals surface area contributed by atoms with Crippen molar-refractivity contribution < 1.29 is 13.2 Å². The highest BCUT2D eigenvalue weighted by molar-refractivity contribution is 7.97. The van der Waals surface area contributed by atoms with E-state index in [1.807, 2.05) is 18.4 Å². The molecule has 0 aliphatic rings. The van der Waals surface area contributed by atoms with Gasteiger partial charge in [-0.15, -0.1) is 0 Å².